The van der Waals surface area contributed by atoms with Crippen molar-refractivity contribution in [3.05, 3.63) is 75.5 Å². The predicted octanol–water partition coefficient (Wildman–Crippen LogP) is 2.67. The van der Waals surface area contributed by atoms with Crippen LogP contribution in [0.15, 0.2) is 54.2 Å². The second kappa shape index (κ2) is 10.7. The smallest absolute Gasteiger partial charge is 0.271 e. The first-order valence-electron chi connectivity index (χ1n) is 11.3. The minimum absolute atomic E-state index is 0.0308. The molecule has 0 bridgehead atoms. The van der Waals surface area contributed by atoms with Crippen LogP contribution >= 0.6 is 11.3 Å². The molecule has 1 aliphatic rings. The summed E-state index contributed by atoms with van der Waals surface area (Å²) in [5.74, 6) is -0.535. The molecule has 0 atom stereocenters. The number of non-ortho nitro benzene ring substituents is 1. The van der Waals surface area contributed by atoms with Gasteiger partial charge in [-0.1, -0.05) is 12.1 Å². The van der Waals surface area contributed by atoms with Crippen molar-refractivity contribution in [3.8, 4) is 10.6 Å². The van der Waals surface area contributed by atoms with E-state index in [1.54, 1.807) is 41.9 Å². The van der Waals surface area contributed by atoms with Crippen molar-refractivity contribution in [1.29, 1.82) is 0 Å². The van der Waals surface area contributed by atoms with Gasteiger partial charge in [-0.05, 0) is 50.0 Å². The monoisotopic (exact) mass is 494 g/mol. The number of nitrogens with zero attached hydrogens (tertiary/aromatic N) is 4. The molecule has 1 aromatic carbocycles. The number of amides is 2. The Morgan fingerprint density at radius 1 is 1.23 bits per heavy atom. The van der Waals surface area contributed by atoms with Gasteiger partial charge in [-0.25, -0.2) is 4.98 Å². The zero-order valence-electron chi connectivity index (χ0n) is 19.3. The molecule has 3 aromatic rings. The fourth-order valence-corrected chi connectivity index (χ4v) is 4.87. The molecule has 2 N–H and O–H groups in total. The zero-order valence-corrected chi connectivity index (χ0v) is 20.1. The summed E-state index contributed by atoms with van der Waals surface area (Å²) in [6.07, 6.45) is 4.86. The first-order chi connectivity index (χ1) is 16.9. The molecule has 2 amide bonds. The van der Waals surface area contributed by atoms with Gasteiger partial charge >= 0.3 is 0 Å². The van der Waals surface area contributed by atoms with E-state index in [1.807, 2.05) is 12.1 Å². The number of rotatable bonds is 8. The Labute approximate surface area is 206 Å². The molecular formula is C24H26N6O4S. The molecule has 0 aliphatic carbocycles. The highest BCUT2D eigenvalue weighted by Gasteiger charge is 2.43. The van der Waals surface area contributed by atoms with Crippen molar-refractivity contribution < 1.29 is 14.5 Å². The van der Waals surface area contributed by atoms with E-state index in [9.17, 15) is 19.7 Å². The first-order valence-corrected chi connectivity index (χ1v) is 12.1. The Morgan fingerprint density at radius 3 is 2.63 bits per heavy atom. The quantitative estimate of drug-likeness (QED) is 0.364. The molecule has 1 fully saturated rings. The van der Waals surface area contributed by atoms with Crippen LogP contribution in [-0.4, -0.2) is 63.8 Å². The second-order valence-electron chi connectivity index (χ2n) is 8.47. The van der Waals surface area contributed by atoms with Gasteiger partial charge in [-0.15, -0.1) is 11.3 Å². The molecule has 0 radical (unpaired) electrons. The number of hydrogen-bond donors (Lipinski definition) is 2. The molecule has 35 heavy (non-hydrogen) atoms. The van der Waals surface area contributed by atoms with Gasteiger partial charge in [0.05, 0.1) is 4.92 Å². The summed E-state index contributed by atoms with van der Waals surface area (Å²) in [7, 11) is 1.72. The normalized spacial score (nSPS) is 14.8. The average molecular weight is 495 g/mol. The average Bonchev–Trinajstić information content (AvgIpc) is 3.39. The highest BCUT2D eigenvalue weighted by Crippen LogP contribution is 2.25. The minimum Gasteiger partial charge on any atom is -0.343 e. The maximum Gasteiger partial charge on any atom is 0.271 e. The van der Waals surface area contributed by atoms with Crippen molar-refractivity contribution in [1.82, 2.24) is 25.5 Å². The van der Waals surface area contributed by atoms with Crippen molar-refractivity contribution in [3.63, 3.8) is 0 Å². The van der Waals surface area contributed by atoms with Gasteiger partial charge in [0.2, 0.25) is 5.91 Å². The van der Waals surface area contributed by atoms with Crippen LogP contribution in [0.2, 0.25) is 0 Å². The molecule has 1 saturated heterocycles. The molecule has 0 spiro atoms. The number of aromatic nitrogens is 2. The summed E-state index contributed by atoms with van der Waals surface area (Å²) < 4.78 is 0. The summed E-state index contributed by atoms with van der Waals surface area (Å²) >= 11 is 1.35. The third-order valence-corrected chi connectivity index (χ3v) is 6.99. The van der Waals surface area contributed by atoms with Gasteiger partial charge in [-0.2, -0.15) is 0 Å². The topological polar surface area (TPSA) is 130 Å². The lowest BCUT2D eigenvalue weighted by molar-refractivity contribution is -0.384. The Hall–Kier alpha value is -3.70. The standard InChI is InChI=1S/C24H26N6O4S/c1-29(14-8-17-4-6-19(7-5-17)30(33)34)23(32)24(9-12-25-13-10-24)28-21(31)20-16-35-22(27-20)18-3-2-11-26-15-18/h2-7,11,15-16,25H,8-10,12-14H2,1H3,(H,28,31). The van der Waals surface area contributed by atoms with Crippen LogP contribution in [0, 0.1) is 10.1 Å². The van der Waals surface area contributed by atoms with E-state index in [1.165, 1.54) is 23.5 Å². The van der Waals surface area contributed by atoms with Gasteiger partial charge in [-0.3, -0.25) is 24.7 Å². The lowest BCUT2D eigenvalue weighted by Crippen LogP contribution is -2.63. The highest BCUT2D eigenvalue weighted by atomic mass is 32.1. The number of nitro benzene ring substituents is 1. The van der Waals surface area contributed by atoms with E-state index < -0.39 is 10.5 Å². The number of benzene rings is 1. The fourth-order valence-electron chi connectivity index (χ4n) is 4.08. The molecular weight excluding hydrogens is 468 g/mol. The number of carbonyl (C=O) groups excluding carboxylic acids is 2. The maximum absolute atomic E-state index is 13.5. The van der Waals surface area contributed by atoms with E-state index in [0.29, 0.717) is 43.9 Å². The minimum atomic E-state index is -1.02. The van der Waals surface area contributed by atoms with E-state index in [4.69, 9.17) is 0 Å². The molecule has 1 aliphatic heterocycles. The van der Waals surface area contributed by atoms with Crippen LogP contribution in [0.4, 0.5) is 5.69 Å². The third kappa shape index (κ3) is 5.69. The summed E-state index contributed by atoms with van der Waals surface area (Å²) in [4.78, 5) is 47.3. The number of pyridine rings is 1. The lowest BCUT2D eigenvalue weighted by atomic mass is 9.86. The van der Waals surface area contributed by atoms with Crippen LogP contribution < -0.4 is 10.6 Å². The fraction of sp³-hybridized carbons (Fsp3) is 0.333. The zero-order chi connectivity index (χ0) is 24.8. The molecule has 11 heteroatoms. The van der Waals surface area contributed by atoms with Gasteiger partial charge in [0.15, 0.2) is 0 Å². The number of thiazole rings is 1. The predicted molar refractivity (Wildman–Crippen MR) is 132 cm³/mol. The molecule has 0 unspecified atom stereocenters. The maximum atomic E-state index is 13.5. The Balaban J connectivity index is 1.44. The van der Waals surface area contributed by atoms with Crippen LogP contribution in [0.5, 0.6) is 0 Å². The van der Waals surface area contributed by atoms with Gasteiger partial charge < -0.3 is 15.5 Å². The number of likely N-dealkylation sites (N-methyl/N-ethyl adjacent to an activating group) is 1. The molecule has 0 saturated carbocycles. The first kappa shape index (κ1) is 24.4. The molecule has 3 heterocycles. The van der Waals surface area contributed by atoms with Crippen molar-refractivity contribution in [2.45, 2.75) is 24.8 Å². The van der Waals surface area contributed by atoms with E-state index in [-0.39, 0.29) is 23.2 Å². The number of nitrogens with one attached hydrogen (secondary N) is 2. The van der Waals surface area contributed by atoms with Crippen LogP contribution in [0.3, 0.4) is 0 Å². The molecule has 4 rings (SSSR count). The Bertz CT molecular complexity index is 1190. The van der Waals surface area contributed by atoms with Crippen molar-refractivity contribution in [2.24, 2.45) is 0 Å². The van der Waals surface area contributed by atoms with Crippen molar-refractivity contribution >= 4 is 28.8 Å². The Kier molecular flexibility index (Phi) is 7.47. The lowest BCUT2D eigenvalue weighted by Gasteiger charge is -2.39. The summed E-state index contributed by atoms with van der Waals surface area (Å²) in [5, 5.41) is 19.5. The van der Waals surface area contributed by atoms with Crippen LogP contribution in [0.25, 0.3) is 10.6 Å². The number of carbonyl (C=O) groups is 2. The SMILES string of the molecule is CN(CCc1ccc([N+](=O)[O-])cc1)C(=O)C1(NC(=O)c2csc(-c3cccnc3)n2)CCNCC1. The largest absolute Gasteiger partial charge is 0.343 e. The van der Waals surface area contributed by atoms with E-state index in [0.717, 1.165) is 11.1 Å². The highest BCUT2D eigenvalue weighted by molar-refractivity contribution is 7.13. The second-order valence-corrected chi connectivity index (χ2v) is 9.32. The van der Waals surface area contributed by atoms with Gasteiger partial charge in [0.1, 0.15) is 16.2 Å². The number of hydrogen-bond acceptors (Lipinski definition) is 8. The third-order valence-electron chi connectivity index (χ3n) is 6.09. The van der Waals surface area contributed by atoms with E-state index >= 15 is 0 Å². The van der Waals surface area contributed by atoms with Crippen LogP contribution in [0.1, 0.15) is 28.9 Å². The van der Waals surface area contributed by atoms with Crippen molar-refractivity contribution in [2.75, 3.05) is 26.7 Å². The molecule has 2 aromatic heterocycles. The Morgan fingerprint density at radius 2 is 1.97 bits per heavy atom. The molecule has 182 valence electrons. The van der Waals surface area contributed by atoms with Crippen LogP contribution in [-0.2, 0) is 11.2 Å². The summed E-state index contributed by atoms with van der Waals surface area (Å²) in [6, 6.07) is 10.00. The molecule has 10 nitrogen and oxygen atoms in total. The number of nitro groups is 1. The number of piperidine rings is 1. The van der Waals surface area contributed by atoms with Gasteiger partial charge in [0.25, 0.3) is 11.6 Å². The summed E-state index contributed by atoms with van der Waals surface area (Å²) in [5.41, 5.74) is 1.00. The van der Waals surface area contributed by atoms with E-state index in [2.05, 4.69) is 20.6 Å². The van der Waals surface area contributed by atoms with Gasteiger partial charge in [0, 0.05) is 49.1 Å². The summed E-state index contributed by atoms with van der Waals surface area (Å²) in [6.45, 7) is 1.64.